The Morgan fingerprint density at radius 2 is 2.06 bits per heavy atom. The third-order valence-electron chi connectivity index (χ3n) is 3.15. The van der Waals surface area contributed by atoms with Crippen molar-refractivity contribution in [1.82, 2.24) is 4.90 Å². The summed E-state index contributed by atoms with van der Waals surface area (Å²) in [5.74, 6) is 0.634. The summed E-state index contributed by atoms with van der Waals surface area (Å²) >= 11 is 0. The second kappa shape index (κ2) is 5.15. The summed E-state index contributed by atoms with van der Waals surface area (Å²) in [6.45, 7) is 4.63. The minimum atomic E-state index is -0.275. The lowest BCUT2D eigenvalue weighted by atomic mass is 9.82. The molecule has 0 aromatic heterocycles. The summed E-state index contributed by atoms with van der Waals surface area (Å²) in [6, 6.07) is 0. The normalized spacial score (nSPS) is 25.1. The molecule has 0 spiro atoms. The van der Waals surface area contributed by atoms with Crippen LogP contribution in [0.1, 0.15) is 39.5 Å². The monoisotopic (exact) mass is 228 g/mol. The van der Waals surface area contributed by atoms with Gasteiger partial charge in [0.05, 0.1) is 6.10 Å². The Morgan fingerprint density at radius 1 is 1.50 bits per heavy atom. The van der Waals surface area contributed by atoms with Crippen molar-refractivity contribution in [2.45, 2.75) is 51.2 Å². The highest BCUT2D eigenvalue weighted by Gasteiger charge is 2.29. The van der Waals surface area contributed by atoms with Crippen LogP contribution in [0.15, 0.2) is 0 Å². The van der Waals surface area contributed by atoms with Crippen LogP contribution >= 0.6 is 0 Å². The van der Waals surface area contributed by atoms with E-state index in [-0.39, 0.29) is 17.6 Å². The van der Waals surface area contributed by atoms with Gasteiger partial charge in [-0.2, -0.15) is 0 Å². The first-order valence-electron chi connectivity index (χ1n) is 5.99. The maximum absolute atomic E-state index is 11.8. The summed E-state index contributed by atoms with van der Waals surface area (Å²) in [4.78, 5) is 13.5. The maximum Gasteiger partial charge on any atom is 0.222 e. The van der Waals surface area contributed by atoms with Crippen LogP contribution < -0.4 is 5.73 Å². The van der Waals surface area contributed by atoms with Crippen molar-refractivity contribution < 1.29 is 9.90 Å². The molecule has 0 aromatic carbocycles. The van der Waals surface area contributed by atoms with Crippen LogP contribution in [-0.4, -0.2) is 41.1 Å². The summed E-state index contributed by atoms with van der Waals surface area (Å²) in [5, 5.41) is 9.16. The van der Waals surface area contributed by atoms with Gasteiger partial charge in [0.15, 0.2) is 0 Å². The highest BCUT2D eigenvalue weighted by atomic mass is 16.3. The largest absolute Gasteiger partial charge is 0.393 e. The van der Waals surface area contributed by atoms with Crippen LogP contribution in [0.5, 0.6) is 0 Å². The molecule has 4 nitrogen and oxygen atoms in total. The van der Waals surface area contributed by atoms with Crippen molar-refractivity contribution in [3.63, 3.8) is 0 Å². The van der Waals surface area contributed by atoms with Crippen LogP contribution in [0.2, 0.25) is 0 Å². The van der Waals surface area contributed by atoms with Gasteiger partial charge in [-0.3, -0.25) is 4.79 Å². The molecular weight excluding hydrogens is 204 g/mol. The Hall–Kier alpha value is -0.610. The molecule has 0 saturated heterocycles. The Labute approximate surface area is 97.8 Å². The van der Waals surface area contributed by atoms with Gasteiger partial charge in [0, 0.05) is 25.6 Å². The molecule has 0 radical (unpaired) electrons. The van der Waals surface area contributed by atoms with Gasteiger partial charge in [-0.25, -0.2) is 0 Å². The van der Waals surface area contributed by atoms with Gasteiger partial charge < -0.3 is 15.7 Å². The molecular formula is C12H24N2O2. The lowest BCUT2D eigenvalue weighted by Crippen LogP contribution is -2.40. The number of aliphatic hydroxyl groups excluding tert-OH is 1. The topological polar surface area (TPSA) is 66.6 Å². The van der Waals surface area contributed by atoms with E-state index in [4.69, 9.17) is 10.8 Å². The Balaban J connectivity index is 2.20. The van der Waals surface area contributed by atoms with Gasteiger partial charge in [-0.05, 0) is 39.0 Å². The molecule has 1 saturated carbocycles. The van der Waals surface area contributed by atoms with E-state index in [1.165, 1.54) is 0 Å². The van der Waals surface area contributed by atoms with Crippen LogP contribution in [0, 0.1) is 5.92 Å². The number of rotatable bonds is 5. The van der Waals surface area contributed by atoms with E-state index in [1.807, 2.05) is 20.9 Å². The molecule has 1 amide bonds. The predicted octanol–water partition coefficient (Wildman–Crippen LogP) is 0.733. The average molecular weight is 228 g/mol. The van der Waals surface area contributed by atoms with Gasteiger partial charge in [0.1, 0.15) is 0 Å². The van der Waals surface area contributed by atoms with Crippen LogP contribution in [-0.2, 0) is 4.79 Å². The first kappa shape index (κ1) is 13.5. The molecule has 3 N–H and O–H groups in total. The predicted molar refractivity (Wildman–Crippen MR) is 63.9 cm³/mol. The number of amides is 1. The Morgan fingerprint density at radius 3 is 2.50 bits per heavy atom. The zero-order chi connectivity index (χ0) is 12.3. The molecule has 0 aliphatic heterocycles. The van der Waals surface area contributed by atoms with Crippen LogP contribution in [0.25, 0.3) is 0 Å². The molecule has 1 rings (SSSR count). The van der Waals surface area contributed by atoms with Gasteiger partial charge >= 0.3 is 0 Å². The van der Waals surface area contributed by atoms with Gasteiger partial charge in [0.2, 0.25) is 5.91 Å². The SMILES string of the molecule is CN(CC1CC(O)C1)C(=O)CCC(C)(C)N. The molecule has 94 valence electrons. The molecule has 0 aromatic rings. The number of carbonyl (C=O) groups is 1. The maximum atomic E-state index is 11.8. The van der Waals surface area contributed by atoms with Crippen molar-refractivity contribution in [3.05, 3.63) is 0 Å². The number of carbonyl (C=O) groups excluding carboxylic acids is 1. The third-order valence-corrected chi connectivity index (χ3v) is 3.15. The molecule has 0 atom stereocenters. The number of nitrogens with two attached hydrogens (primary N) is 1. The number of hydrogen-bond acceptors (Lipinski definition) is 3. The molecule has 0 heterocycles. The standard InChI is InChI=1S/C12H24N2O2/c1-12(2,13)5-4-11(16)14(3)8-9-6-10(15)7-9/h9-10,15H,4-8,13H2,1-3H3. The third kappa shape index (κ3) is 4.49. The van der Waals surface area contributed by atoms with Crippen molar-refractivity contribution in [2.24, 2.45) is 11.7 Å². The van der Waals surface area contributed by atoms with Crippen molar-refractivity contribution in [1.29, 1.82) is 0 Å². The number of nitrogens with zero attached hydrogens (tertiary/aromatic N) is 1. The van der Waals surface area contributed by atoms with E-state index in [2.05, 4.69) is 0 Å². The van der Waals surface area contributed by atoms with E-state index in [1.54, 1.807) is 4.90 Å². The zero-order valence-electron chi connectivity index (χ0n) is 10.6. The Kier molecular flexibility index (Phi) is 4.33. The van der Waals surface area contributed by atoms with Crippen molar-refractivity contribution in [2.75, 3.05) is 13.6 Å². The lowest BCUT2D eigenvalue weighted by molar-refractivity contribution is -0.131. The van der Waals surface area contributed by atoms with E-state index < -0.39 is 0 Å². The molecule has 1 fully saturated rings. The lowest BCUT2D eigenvalue weighted by Gasteiger charge is -2.34. The molecule has 1 aliphatic rings. The smallest absolute Gasteiger partial charge is 0.222 e. The van der Waals surface area contributed by atoms with Gasteiger partial charge in [-0.1, -0.05) is 0 Å². The summed E-state index contributed by atoms with van der Waals surface area (Å²) < 4.78 is 0. The zero-order valence-corrected chi connectivity index (χ0v) is 10.6. The summed E-state index contributed by atoms with van der Waals surface area (Å²) in [6.07, 6.45) is 2.75. The molecule has 1 aliphatic carbocycles. The van der Waals surface area contributed by atoms with E-state index in [0.29, 0.717) is 18.8 Å². The van der Waals surface area contributed by atoms with Crippen LogP contribution in [0.3, 0.4) is 0 Å². The number of hydrogen-bond donors (Lipinski definition) is 2. The highest BCUT2D eigenvalue weighted by Crippen LogP contribution is 2.27. The van der Waals surface area contributed by atoms with E-state index >= 15 is 0 Å². The fourth-order valence-electron chi connectivity index (χ4n) is 1.96. The summed E-state index contributed by atoms with van der Waals surface area (Å²) in [5.41, 5.74) is 5.56. The van der Waals surface area contributed by atoms with Gasteiger partial charge in [0.25, 0.3) is 0 Å². The highest BCUT2D eigenvalue weighted by molar-refractivity contribution is 5.75. The first-order chi connectivity index (χ1) is 7.28. The second-order valence-corrected chi connectivity index (χ2v) is 5.75. The fraction of sp³-hybridized carbons (Fsp3) is 0.917. The average Bonchev–Trinajstić information content (AvgIpc) is 2.10. The van der Waals surface area contributed by atoms with Crippen LogP contribution in [0.4, 0.5) is 0 Å². The van der Waals surface area contributed by atoms with E-state index in [0.717, 1.165) is 19.4 Å². The minimum Gasteiger partial charge on any atom is -0.393 e. The second-order valence-electron chi connectivity index (χ2n) is 5.75. The summed E-state index contributed by atoms with van der Waals surface area (Å²) in [7, 11) is 1.83. The molecule has 0 unspecified atom stereocenters. The van der Waals surface area contributed by atoms with Gasteiger partial charge in [-0.15, -0.1) is 0 Å². The van der Waals surface area contributed by atoms with Crippen molar-refractivity contribution in [3.8, 4) is 0 Å². The first-order valence-corrected chi connectivity index (χ1v) is 5.99. The number of aliphatic hydroxyl groups is 1. The van der Waals surface area contributed by atoms with E-state index in [9.17, 15) is 4.79 Å². The quantitative estimate of drug-likeness (QED) is 0.729. The molecule has 16 heavy (non-hydrogen) atoms. The molecule has 4 heteroatoms. The fourth-order valence-corrected chi connectivity index (χ4v) is 1.96. The minimum absolute atomic E-state index is 0.142. The molecule has 0 bridgehead atoms. The Bertz CT molecular complexity index is 242. The van der Waals surface area contributed by atoms with Crippen molar-refractivity contribution >= 4 is 5.91 Å².